The molecule has 5 aromatic rings. The Morgan fingerprint density at radius 2 is 1.49 bits per heavy atom. The van der Waals surface area contributed by atoms with Gasteiger partial charge < -0.3 is 15.2 Å². The van der Waals surface area contributed by atoms with Crippen LogP contribution in [0, 0.1) is 20.8 Å². The number of benzene rings is 2. The molecule has 0 spiro atoms. The third-order valence-corrected chi connectivity index (χ3v) is 5.97. The van der Waals surface area contributed by atoms with Gasteiger partial charge in [0.05, 0.1) is 5.69 Å². The Morgan fingerprint density at radius 1 is 0.800 bits per heavy atom. The van der Waals surface area contributed by atoms with Crippen molar-refractivity contribution in [2.24, 2.45) is 0 Å². The summed E-state index contributed by atoms with van der Waals surface area (Å²) in [6.45, 7) is 6.04. The summed E-state index contributed by atoms with van der Waals surface area (Å²) in [5, 5.41) is 19.3. The van der Waals surface area contributed by atoms with Crippen LogP contribution in [0.4, 0.5) is 17.2 Å². The van der Waals surface area contributed by atoms with Crippen molar-refractivity contribution in [1.82, 2.24) is 24.5 Å². The lowest BCUT2D eigenvalue weighted by atomic mass is 10.2. The number of hydrogen-bond acceptors (Lipinski definition) is 5. The van der Waals surface area contributed by atoms with Crippen LogP contribution < -0.4 is 10.6 Å². The monoisotopic (exact) mass is 463 g/mol. The van der Waals surface area contributed by atoms with Crippen molar-refractivity contribution in [3.8, 4) is 11.5 Å². The molecule has 0 aliphatic rings. The highest BCUT2D eigenvalue weighted by Gasteiger charge is 2.11. The van der Waals surface area contributed by atoms with Gasteiger partial charge in [-0.05, 0) is 99.1 Å². The molecule has 8 nitrogen and oxygen atoms in total. The smallest absolute Gasteiger partial charge is 0.255 e. The average molecular weight is 464 g/mol. The number of carbonyl (C=O) groups is 1. The number of aryl methyl sites for hydroxylation is 1. The van der Waals surface area contributed by atoms with Gasteiger partial charge in [-0.25, -0.2) is 4.68 Å². The van der Waals surface area contributed by atoms with Gasteiger partial charge >= 0.3 is 0 Å². The van der Waals surface area contributed by atoms with Gasteiger partial charge in [-0.15, -0.1) is 10.2 Å². The predicted octanol–water partition coefficient (Wildman–Crippen LogP) is 5.37. The molecular formula is C27H25N7O. The van der Waals surface area contributed by atoms with Crippen molar-refractivity contribution in [2.75, 3.05) is 10.6 Å². The summed E-state index contributed by atoms with van der Waals surface area (Å²) in [7, 11) is 0. The van der Waals surface area contributed by atoms with E-state index in [1.165, 1.54) is 0 Å². The van der Waals surface area contributed by atoms with Gasteiger partial charge in [0.15, 0.2) is 11.6 Å². The summed E-state index contributed by atoms with van der Waals surface area (Å²) in [5.74, 6) is 1.13. The van der Waals surface area contributed by atoms with Crippen molar-refractivity contribution >= 4 is 23.1 Å². The van der Waals surface area contributed by atoms with Crippen LogP contribution in [0.2, 0.25) is 0 Å². The van der Waals surface area contributed by atoms with Crippen molar-refractivity contribution in [3.05, 3.63) is 108 Å². The molecule has 5 rings (SSSR count). The largest absolute Gasteiger partial charge is 0.339 e. The second-order valence-corrected chi connectivity index (χ2v) is 8.28. The molecule has 0 radical (unpaired) electrons. The minimum Gasteiger partial charge on any atom is -0.339 e. The van der Waals surface area contributed by atoms with Crippen LogP contribution in [-0.4, -0.2) is 30.5 Å². The highest BCUT2D eigenvalue weighted by atomic mass is 16.1. The number of rotatable bonds is 6. The fraction of sp³-hybridized carbons (Fsp3) is 0.111. The lowest BCUT2D eigenvalue weighted by Crippen LogP contribution is -2.11. The Kier molecular flexibility index (Phi) is 5.85. The van der Waals surface area contributed by atoms with Gasteiger partial charge in [-0.3, -0.25) is 4.79 Å². The summed E-state index contributed by atoms with van der Waals surface area (Å²) in [6, 6.07) is 22.6. The molecule has 3 aromatic heterocycles. The minimum absolute atomic E-state index is 0.161. The first-order valence-corrected chi connectivity index (χ1v) is 11.3. The zero-order valence-corrected chi connectivity index (χ0v) is 19.7. The van der Waals surface area contributed by atoms with Gasteiger partial charge in [0.2, 0.25) is 0 Å². The molecule has 35 heavy (non-hydrogen) atoms. The van der Waals surface area contributed by atoms with E-state index < -0.39 is 0 Å². The molecule has 3 heterocycles. The number of hydrogen-bond donors (Lipinski definition) is 2. The number of anilines is 3. The first kappa shape index (κ1) is 22.1. The minimum atomic E-state index is -0.161. The molecule has 0 saturated carbocycles. The Hall–Kier alpha value is -4.72. The van der Waals surface area contributed by atoms with Crippen LogP contribution in [0.15, 0.2) is 85.2 Å². The van der Waals surface area contributed by atoms with E-state index in [4.69, 9.17) is 0 Å². The van der Waals surface area contributed by atoms with Crippen LogP contribution in [0.3, 0.4) is 0 Å². The molecule has 0 aliphatic heterocycles. The van der Waals surface area contributed by atoms with Gasteiger partial charge in [-0.1, -0.05) is 0 Å². The van der Waals surface area contributed by atoms with Crippen LogP contribution >= 0.6 is 0 Å². The molecular weight excluding hydrogens is 438 g/mol. The molecule has 0 bridgehead atoms. The van der Waals surface area contributed by atoms with Gasteiger partial charge in [0.1, 0.15) is 0 Å². The van der Waals surface area contributed by atoms with E-state index in [9.17, 15) is 4.79 Å². The standard InChI is InChI=1S/C27H25N7O/c1-18-19(2)32-34(20(18)3)26-15-14-25(30-31-26)28-22-8-10-23(11-9-22)29-27(35)21-6-12-24(13-7-21)33-16-4-5-17-33/h4-17H,1-3H3,(H,28,30)(H,29,35). The summed E-state index contributed by atoms with van der Waals surface area (Å²) >= 11 is 0. The second kappa shape index (κ2) is 9.26. The van der Waals surface area contributed by atoms with Crippen LogP contribution in [0.25, 0.3) is 11.5 Å². The summed E-state index contributed by atoms with van der Waals surface area (Å²) in [4.78, 5) is 12.6. The first-order valence-electron chi connectivity index (χ1n) is 11.3. The zero-order valence-electron chi connectivity index (χ0n) is 19.7. The quantitative estimate of drug-likeness (QED) is 0.353. The second-order valence-electron chi connectivity index (χ2n) is 8.28. The van der Waals surface area contributed by atoms with E-state index in [0.717, 1.165) is 28.3 Å². The molecule has 2 aromatic carbocycles. The van der Waals surface area contributed by atoms with E-state index in [2.05, 4.69) is 25.9 Å². The Morgan fingerprint density at radius 3 is 2.09 bits per heavy atom. The van der Waals surface area contributed by atoms with Crippen molar-refractivity contribution < 1.29 is 4.79 Å². The number of amides is 1. The maximum atomic E-state index is 12.6. The van der Waals surface area contributed by atoms with Crippen LogP contribution in [0.5, 0.6) is 0 Å². The molecule has 1 amide bonds. The lowest BCUT2D eigenvalue weighted by Gasteiger charge is -2.09. The van der Waals surface area contributed by atoms with Crippen molar-refractivity contribution in [2.45, 2.75) is 20.8 Å². The summed E-state index contributed by atoms with van der Waals surface area (Å²) < 4.78 is 3.79. The maximum absolute atomic E-state index is 12.6. The molecule has 0 unspecified atom stereocenters. The predicted molar refractivity (Wildman–Crippen MR) is 137 cm³/mol. The Labute approximate surface area is 203 Å². The molecule has 0 aliphatic carbocycles. The SMILES string of the molecule is Cc1nn(-c2ccc(Nc3ccc(NC(=O)c4ccc(-n5cccc5)cc4)cc3)nn2)c(C)c1C. The maximum Gasteiger partial charge on any atom is 0.255 e. The van der Waals surface area contributed by atoms with Crippen molar-refractivity contribution in [1.29, 1.82) is 0 Å². The third kappa shape index (κ3) is 4.67. The van der Waals surface area contributed by atoms with E-state index >= 15 is 0 Å². The fourth-order valence-electron chi connectivity index (χ4n) is 3.73. The van der Waals surface area contributed by atoms with Crippen molar-refractivity contribution in [3.63, 3.8) is 0 Å². The van der Waals surface area contributed by atoms with E-state index in [0.29, 0.717) is 22.9 Å². The molecule has 0 fully saturated rings. The number of nitrogens with zero attached hydrogens (tertiary/aromatic N) is 5. The molecule has 8 heteroatoms. The van der Waals surface area contributed by atoms with Gasteiger partial charge in [0, 0.05) is 40.7 Å². The Bertz CT molecular complexity index is 1450. The number of nitrogens with one attached hydrogen (secondary N) is 2. The molecule has 174 valence electrons. The molecule has 0 atom stereocenters. The molecule has 2 N–H and O–H groups in total. The van der Waals surface area contributed by atoms with E-state index in [-0.39, 0.29) is 5.91 Å². The third-order valence-electron chi connectivity index (χ3n) is 5.97. The normalized spacial score (nSPS) is 10.8. The van der Waals surface area contributed by atoms with E-state index in [1.807, 2.05) is 111 Å². The average Bonchev–Trinajstić information content (AvgIpc) is 3.51. The number of aromatic nitrogens is 5. The molecule has 0 saturated heterocycles. The summed E-state index contributed by atoms with van der Waals surface area (Å²) in [5.41, 5.74) is 6.31. The highest BCUT2D eigenvalue weighted by molar-refractivity contribution is 6.04. The zero-order chi connectivity index (χ0) is 24.4. The lowest BCUT2D eigenvalue weighted by molar-refractivity contribution is 0.102. The van der Waals surface area contributed by atoms with Gasteiger partial charge in [-0.2, -0.15) is 5.10 Å². The fourth-order valence-corrected chi connectivity index (χ4v) is 3.73. The first-order chi connectivity index (χ1) is 17.0. The van der Waals surface area contributed by atoms with Gasteiger partial charge in [0.25, 0.3) is 5.91 Å². The Balaban J connectivity index is 1.21. The topological polar surface area (TPSA) is 89.7 Å². The van der Waals surface area contributed by atoms with E-state index in [1.54, 1.807) is 4.68 Å². The number of carbonyl (C=O) groups excluding carboxylic acids is 1. The highest BCUT2D eigenvalue weighted by Crippen LogP contribution is 2.20. The van der Waals surface area contributed by atoms with Crippen LogP contribution in [0.1, 0.15) is 27.3 Å². The summed E-state index contributed by atoms with van der Waals surface area (Å²) in [6.07, 6.45) is 3.93. The van der Waals surface area contributed by atoms with Crippen LogP contribution in [-0.2, 0) is 0 Å².